The van der Waals surface area contributed by atoms with Crippen molar-refractivity contribution in [2.45, 2.75) is 42.1 Å². The Morgan fingerprint density at radius 1 is 1.20 bits per heavy atom. The van der Waals surface area contributed by atoms with E-state index < -0.39 is 11.3 Å². The second-order valence-corrected chi connectivity index (χ2v) is 11.0. The summed E-state index contributed by atoms with van der Waals surface area (Å²) in [6, 6.07) is 13.5. The van der Waals surface area contributed by atoms with Crippen molar-refractivity contribution >= 4 is 41.0 Å². The molecule has 11 heteroatoms. The zero-order valence-electron chi connectivity index (χ0n) is 21.9. The lowest BCUT2D eigenvalue weighted by molar-refractivity contribution is -0.129. The first kappa shape index (κ1) is 25.9. The van der Waals surface area contributed by atoms with Gasteiger partial charge in [-0.15, -0.1) is 0 Å². The summed E-state index contributed by atoms with van der Waals surface area (Å²) in [5.41, 5.74) is 3.02. The van der Waals surface area contributed by atoms with Gasteiger partial charge in [-0.2, -0.15) is 0 Å². The molecule has 204 valence electrons. The van der Waals surface area contributed by atoms with Crippen LogP contribution in [0.15, 0.2) is 72.4 Å². The van der Waals surface area contributed by atoms with E-state index in [4.69, 9.17) is 4.74 Å². The van der Waals surface area contributed by atoms with E-state index in [-0.39, 0.29) is 23.9 Å². The van der Waals surface area contributed by atoms with Crippen molar-refractivity contribution in [3.8, 4) is 11.6 Å². The third-order valence-electron chi connectivity index (χ3n) is 7.20. The SMILES string of the molecule is C=CC(=O)N1CCCC(NC(=O)[C@@H]2Sc3nccc4c3C2NC(=O)N4c2ccc(Oc3cccc(C)n3)cc2)C1. The first-order valence-corrected chi connectivity index (χ1v) is 14.0. The van der Waals surface area contributed by atoms with Crippen molar-refractivity contribution in [2.75, 3.05) is 18.0 Å². The quantitative estimate of drug-likeness (QED) is 0.436. The number of rotatable bonds is 6. The van der Waals surface area contributed by atoms with Crippen LogP contribution in [0.3, 0.4) is 0 Å². The van der Waals surface area contributed by atoms with E-state index in [0.29, 0.717) is 41.1 Å². The lowest BCUT2D eigenvalue weighted by Crippen LogP contribution is -2.53. The number of likely N-dealkylation sites (tertiary alicyclic amines) is 1. The van der Waals surface area contributed by atoms with Gasteiger partial charge in [0, 0.05) is 42.7 Å². The number of aryl methyl sites for hydroxylation is 1. The van der Waals surface area contributed by atoms with Crippen LogP contribution in [-0.4, -0.2) is 57.1 Å². The third-order valence-corrected chi connectivity index (χ3v) is 8.49. The van der Waals surface area contributed by atoms with Gasteiger partial charge >= 0.3 is 6.03 Å². The zero-order valence-corrected chi connectivity index (χ0v) is 22.7. The number of hydrogen-bond acceptors (Lipinski definition) is 7. The number of amides is 4. The number of nitrogens with zero attached hydrogens (tertiary/aromatic N) is 4. The molecule has 40 heavy (non-hydrogen) atoms. The van der Waals surface area contributed by atoms with E-state index >= 15 is 0 Å². The molecule has 5 heterocycles. The Morgan fingerprint density at radius 3 is 2.80 bits per heavy atom. The summed E-state index contributed by atoms with van der Waals surface area (Å²) >= 11 is 1.35. The Labute approximate surface area is 235 Å². The lowest BCUT2D eigenvalue weighted by Gasteiger charge is -2.35. The van der Waals surface area contributed by atoms with Gasteiger partial charge in [0.05, 0.1) is 17.4 Å². The standard InChI is InChI=1S/C29H28N6O4S/c1-3-23(36)34-15-5-7-18(16-34)32-27(37)26-25-24-21(13-14-30-28(24)40-26)35(29(38)33-25)19-9-11-20(12-10-19)39-22-8-4-6-17(2)31-22/h3-4,6,8-14,18,25-26H,1,5,7,15-16H2,2H3,(H,32,37)(H,33,38)/t18?,25?,26-/m1/s1. The number of carbonyl (C=O) groups excluding carboxylic acids is 3. The molecule has 3 aliphatic heterocycles. The van der Waals surface area contributed by atoms with Crippen LogP contribution in [0.5, 0.6) is 11.6 Å². The van der Waals surface area contributed by atoms with Crippen LogP contribution in [0.2, 0.25) is 0 Å². The summed E-state index contributed by atoms with van der Waals surface area (Å²) in [5.74, 6) is 0.770. The highest BCUT2D eigenvalue weighted by molar-refractivity contribution is 8.01. The number of ether oxygens (including phenoxy) is 1. The molecule has 2 aromatic heterocycles. The molecule has 4 amide bonds. The van der Waals surface area contributed by atoms with Gasteiger partial charge in [0.1, 0.15) is 16.0 Å². The average molecular weight is 557 g/mol. The number of anilines is 2. The summed E-state index contributed by atoms with van der Waals surface area (Å²) in [5, 5.41) is 6.28. The molecule has 3 aromatic rings. The van der Waals surface area contributed by atoms with Crippen molar-refractivity contribution in [1.82, 2.24) is 25.5 Å². The number of nitrogens with one attached hydrogen (secondary N) is 2. The normalized spacial score (nSPS) is 21.3. The van der Waals surface area contributed by atoms with Gasteiger partial charge in [-0.1, -0.05) is 24.4 Å². The van der Waals surface area contributed by atoms with Crippen molar-refractivity contribution in [1.29, 1.82) is 0 Å². The van der Waals surface area contributed by atoms with Crippen LogP contribution in [0.25, 0.3) is 0 Å². The number of carbonyl (C=O) groups is 3. The van der Waals surface area contributed by atoms with Gasteiger partial charge in [-0.25, -0.2) is 14.8 Å². The number of benzene rings is 1. The van der Waals surface area contributed by atoms with E-state index in [1.807, 2.05) is 31.2 Å². The van der Waals surface area contributed by atoms with Crippen LogP contribution >= 0.6 is 11.8 Å². The molecule has 1 fully saturated rings. The Balaban J connectivity index is 1.20. The van der Waals surface area contributed by atoms with E-state index in [2.05, 4.69) is 27.2 Å². The Hall–Kier alpha value is -4.38. The first-order valence-electron chi connectivity index (χ1n) is 13.1. The Bertz CT molecular complexity index is 1500. The second kappa shape index (κ2) is 10.6. The fourth-order valence-corrected chi connectivity index (χ4v) is 6.58. The van der Waals surface area contributed by atoms with Gasteiger partial charge < -0.3 is 20.3 Å². The van der Waals surface area contributed by atoms with Gasteiger partial charge in [0.25, 0.3) is 0 Å². The van der Waals surface area contributed by atoms with Gasteiger partial charge in [0.15, 0.2) is 0 Å². The second-order valence-electron chi connectivity index (χ2n) is 9.90. The molecule has 0 saturated carbocycles. The number of thioether (sulfide) groups is 1. The molecular formula is C29H28N6O4S. The van der Waals surface area contributed by atoms with E-state index in [1.54, 1.807) is 40.3 Å². The van der Waals surface area contributed by atoms with Crippen LogP contribution in [0, 0.1) is 6.92 Å². The van der Waals surface area contributed by atoms with E-state index in [1.165, 1.54) is 17.8 Å². The maximum atomic E-state index is 13.4. The monoisotopic (exact) mass is 556 g/mol. The van der Waals surface area contributed by atoms with Gasteiger partial charge in [-0.3, -0.25) is 14.5 Å². The van der Waals surface area contributed by atoms with Crippen LogP contribution < -0.4 is 20.3 Å². The fraction of sp³-hybridized carbons (Fsp3) is 0.276. The largest absolute Gasteiger partial charge is 0.439 e. The predicted molar refractivity (Wildman–Crippen MR) is 151 cm³/mol. The minimum absolute atomic E-state index is 0.138. The molecule has 3 atom stereocenters. The van der Waals surface area contributed by atoms with Gasteiger partial charge in [-0.05, 0) is 62.2 Å². The summed E-state index contributed by atoms with van der Waals surface area (Å²) in [7, 11) is 0. The zero-order chi connectivity index (χ0) is 27.8. The summed E-state index contributed by atoms with van der Waals surface area (Å²) in [4.78, 5) is 51.1. The molecule has 10 nitrogen and oxygen atoms in total. The van der Waals surface area contributed by atoms with Crippen molar-refractivity contribution in [2.24, 2.45) is 0 Å². The molecule has 3 aliphatic rings. The molecule has 0 aliphatic carbocycles. The average Bonchev–Trinajstić information content (AvgIpc) is 3.33. The van der Waals surface area contributed by atoms with E-state index in [9.17, 15) is 14.4 Å². The molecule has 1 saturated heterocycles. The topological polar surface area (TPSA) is 117 Å². The predicted octanol–water partition coefficient (Wildman–Crippen LogP) is 4.25. The highest BCUT2D eigenvalue weighted by Crippen LogP contribution is 2.50. The molecule has 2 unspecified atom stereocenters. The van der Waals surface area contributed by atoms with Crippen molar-refractivity contribution in [3.05, 3.63) is 78.6 Å². The summed E-state index contributed by atoms with van der Waals surface area (Å²) in [6.07, 6.45) is 4.54. The maximum absolute atomic E-state index is 13.4. The highest BCUT2D eigenvalue weighted by atomic mass is 32.2. The van der Waals surface area contributed by atoms with Crippen LogP contribution in [0.4, 0.5) is 16.2 Å². The first-order chi connectivity index (χ1) is 19.4. The molecule has 0 spiro atoms. The number of piperidine rings is 1. The van der Waals surface area contributed by atoms with Crippen molar-refractivity contribution in [3.63, 3.8) is 0 Å². The van der Waals surface area contributed by atoms with Gasteiger partial charge in [0.2, 0.25) is 17.7 Å². The fourth-order valence-electron chi connectivity index (χ4n) is 5.35. The number of aromatic nitrogens is 2. The van der Waals surface area contributed by atoms with Crippen molar-refractivity contribution < 1.29 is 19.1 Å². The minimum Gasteiger partial charge on any atom is -0.439 e. The summed E-state index contributed by atoms with van der Waals surface area (Å²) < 4.78 is 5.86. The Kier molecular flexibility index (Phi) is 6.89. The third kappa shape index (κ3) is 4.88. The summed E-state index contributed by atoms with van der Waals surface area (Å²) in [6.45, 7) is 6.55. The molecular weight excluding hydrogens is 528 g/mol. The molecule has 1 aromatic carbocycles. The van der Waals surface area contributed by atoms with E-state index in [0.717, 1.165) is 24.1 Å². The molecule has 0 radical (unpaired) electrons. The number of pyridine rings is 2. The number of urea groups is 1. The van der Waals surface area contributed by atoms with Crippen LogP contribution in [-0.2, 0) is 9.59 Å². The minimum atomic E-state index is -0.571. The molecule has 6 rings (SSSR count). The lowest BCUT2D eigenvalue weighted by atomic mass is 9.99. The molecule has 2 N–H and O–H groups in total. The highest BCUT2D eigenvalue weighted by Gasteiger charge is 2.47. The smallest absolute Gasteiger partial charge is 0.327 e. The maximum Gasteiger partial charge on any atom is 0.327 e. The van der Waals surface area contributed by atoms with Crippen LogP contribution in [0.1, 0.15) is 30.1 Å². The Morgan fingerprint density at radius 2 is 2.02 bits per heavy atom. The number of hydrogen-bond donors (Lipinski definition) is 2. The molecule has 0 bridgehead atoms.